The average molecular weight is 339 g/mol. The Morgan fingerprint density at radius 1 is 1.16 bits per heavy atom. The first-order chi connectivity index (χ1) is 11.8. The zero-order valence-electron chi connectivity index (χ0n) is 15.3. The first-order valence-corrected chi connectivity index (χ1v) is 8.66. The maximum Gasteiger partial charge on any atom is 0.228 e. The molecule has 1 amide bonds. The third-order valence-electron chi connectivity index (χ3n) is 5.18. The van der Waals surface area contributed by atoms with Gasteiger partial charge in [-0.2, -0.15) is 0 Å². The van der Waals surface area contributed by atoms with Gasteiger partial charge in [-0.15, -0.1) is 0 Å². The number of hydrogen-bond acceptors (Lipinski definition) is 3. The lowest BCUT2D eigenvalue weighted by Crippen LogP contribution is -2.40. The predicted octanol–water partition coefficient (Wildman–Crippen LogP) is 4.43. The van der Waals surface area contributed by atoms with Crippen LogP contribution in [0.1, 0.15) is 42.0 Å². The Bertz CT molecular complexity index is 814. The summed E-state index contributed by atoms with van der Waals surface area (Å²) in [6.45, 7) is 7.77. The summed E-state index contributed by atoms with van der Waals surface area (Å²) in [7, 11) is 0. The highest BCUT2D eigenvalue weighted by molar-refractivity contribution is 5.91. The fourth-order valence-corrected chi connectivity index (χ4v) is 3.49. The molecule has 2 aromatic carbocycles. The number of rotatable bonds is 3. The van der Waals surface area contributed by atoms with Crippen molar-refractivity contribution in [3.8, 4) is 11.5 Å². The summed E-state index contributed by atoms with van der Waals surface area (Å²) in [4.78, 5) is 12.4. The molecule has 0 fully saturated rings. The quantitative estimate of drug-likeness (QED) is 0.870. The van der Waals surface area contributed by atoms with E-state index in [1.165, 1.54) is 0 Å². The van der Waals surface area contributed by atoms with Crippen LogP contribution in [-0.4, -0.2) is 16.6 Å². The molecular formula is C21H25NO3. The number of para-hydroxylation sites is 1. The van der Waals surface area contributed by atoms with Gasteiger partial charge in [0.05, 0.1) is 6.42 Å². The van der Waals surface area contributed by atoms with Gasteiger partial charge in [0.1, 0.15) is 17.1 Å². The standard InChI is InChI=1S/C21H25NO3/c1-13-14(2)20-17(15(3)19(13)24)10-11-21(4,25-20)12-18(23)22-16-8-6-5-7-9-16/h5-9,24H,10-12H2,1-4H3,(H,22,23). The van der Waals surface area contributed by atoms with Gasteiger partial charge >= 0.3 is 0 Å². The fraction of sp³-hybridized carbons (Fsp3) is 0.381. The number of carbonyl (C=O) groups is 1. The van der Waals surface area contributed by atoms with Gasteiger partial charge in [0.25, 0.3) is 0 Å². The average Bonchev–Trinajstić information content (AvgIpc) is 2.58. The van der Waals surface area contributed by atoms with Gasteiger partial charge in [-0.3, -0.25) is 4.79 Å². The number of aromatic hydroxyl groups is 1. The van der Waals surface area contributed by atoms with Crippen LogP contribution in [0.5, 0.6) is 11.5 Å². The molecule has 0 aliphatic carbocycles. The lowest BCUT2D eigenvalue weighted by atomic mass is 9.85. The van der Waals surface area contributed by atoms with Crippen LogP contribution < -0.4 is 10.1 Å². The molecule has 0 saturated heterocycles. The van der Waals surface area contributed by atoms with E-state index < -0.39 is 5.60 Å². The minimum atomic E-state index is -0.549. The van der Waals surface area contributed by atoms with E-state index in [1.807, 2.05) is 58.0 Å². The molecule has 1 atom stereocenters. The molecule has 0 bridgehead atoms. The number of benzene rings is 2. The SMILES string of the molecule is Cc1c(C)c2c(c(C)c1O)CCC(C)(CC(=O)Nc1ccccc1)O2. The summed E-state index contributed by atoms with van der Waals surface area (Å²) in [5.41, 5.74) is 3.98. The molecule has 1 aliphatic heterocycles. The number of anilines is 1. The molecule has 132 valence electrons. The van der Waals surface area contributed by atoms with E-state index in [-0.39, 0.29) is 5.91 Å². The van der Waals surface area contributed by atoms with Crippen LogP contribution in [0.15, 0.2) is 30.3 Å². The van der Waals surface area contributed by atoms with E-state index in [2.05, 4.69) is 5.32 Å². The Balaban J connectivity index is 1.80. The largest absolute Gasteiger partial charge is 0.507 e. The minimum absolute atomic E-state index is 0.0537. The van der Waals surface area contributed by atoms with Gasteiger partial charge in [0.15, 0.2) is 0 Å². The summed E-state index contributed by atoms with van der Waals surface area (Å²) in [5, 5.41) is 13.2. The van der Waals surface area contributed by atoms with Gasteiger partial charge in [0.2, 0.25) is 5.91 Å². The molecule has 1 unspecified atom stereocenters. The second-order valence-corrected chi connectivity index (χ2v) is 7.17. The first kappa shape index (κ1) is 17.3. The van der Waals surface area contributed by atoms with Crippen LogP contribution in [0.25, 0.3) is 0 Å². The topological polar surface area (TPSA) is 58.6 Å². The van der Waals surface area contributed by atoms with E-state index in [4.69, 9.17) is 4.74 Å². The number of nitrogens with one attached hydrogen (secondary N) is 1. The highest BCUT2D eigenvalue weighted by atomic mass is 16.5. The van der Waals surface area contributed by atoms with E-state index >= 15 is 0 Å². The van der Waals surface area contributed by atoms with E-state index in [9.17, 15) is 9.90 Å². The molecule has 25 heavy (non-hydrogen) atoms. The number of fused-ring (bicyclic) bond motifs is 1. The molecule has 4 heteroatoms. The maximum absolute atomic E-state index is 12.4. The molecule has 1 aliphatic rings. The maximum atomic E-state index is 12.4. The Kier molecular flexibility index (Phi) is 4.46. The molecule has 2 aromatic rings. The van der Waals surface area contributed by atoms with Gasteiger partial charge < -0.3 is 15.2 Å². The summed E-state index contributed by atoms with van der Waals surface area (Å²) >= 11 is 0. The number of phenolic OH excluding ortho intramolecular Hbond substituents is 1. The molecule has 0 saturated carbocycles. The zero-order chi connectivity index (χ0) is 18.2. The highest BCUT2D eigenvalue weighted by Crippen LogP contribution is 2.44. The summed E-state index contributed by atoms with van der Waals surface area (Å²) < 4.78 is 6.30. The van der Waals surface area contributed by atoms with E-state index in [0.29, 0.717) is 12.2 Å². The minimum Gasteiger partial charge on any atom is -0.507 e. The molecule has 0 radical (unpaired) electrons. The molecule has 2 N–H and O–H groups in total. The molecule has 4 nitrogen and oxygen atoms in total. The van der Waals surface area contributed by atoms with Crippen LogP contribution in [0, 0.1) is 20.8 Å². The van der Waals surface area contributed by atoms with Crippen molar-refractivity contribution in [2.45, 2.75) is 52.6 Å². The Morgan fingerprint density at radius 2 is 1.84 bits per heavy atom. The third kappa shape index (κ3) is 3.34. The van der Waals surface area contributed by atoms with Crippen molar-refractivity contribution < 1.29 is 14.6 Å². The summed E-state index contributed by atoms with van der Waals surface area (Å²) in [6, 6.07) is 9.45. The fourth-order valence-electron chi connectivity index (χ4n) is 3.49. The van der Waals surface area contributed by atoms with Crippen LogP contribution >= 0.6 is 0 Å². The Labute approximate surface area is 148 Å². The van der Waals surface area contributed by atoms with Crippen molar-refractivity contribution in [1.29, 1.82) is 0 Å². The monoisotopic (exact) mass is 339 g/mol. The van der Waals surface area contributed by atoms with Crippen molar-refractivity contribution >= 4 is 11.6 Å². The van der Waals surface area contributed by atoms with E-state index in [1.54, 1.807) is 0 Å². The molecular weight excluding hydrogens is 314 g/mol. The lowest BCUT2D eigenvalue weighted by molar-refractivity contribution is -0.120. The van der Waals surface area contributed by atoms with Crippen molar-refractivity contribution in [3.63, 3.8) is 0 Å². The molecule has 0 spiro atoms. The second-order valence-electron chi connectivity index (χ2n) is 7.17. The number of hydrogen-bond donors (Lipinski definition) is 2. The van der Waals surface area contributed by atoms with Crippen molar-refractivity contribution in [2.24, 2.45) is 0 Å². The normalized spacial score (nSPS) is 19.0. The smallest absolute Gasteiger partial charge is 0.228 e. The number of ether oxygens (including phenoxy) is 1. The lowest BCUT2D eigenvalue weighted by Gasteiger charge is -2.37. The zero-order valence-corrected chi connectivity index (χ0v) is 15.3. The molecule has 1 heterocycles. The van der Waals surface area contributed by atoms with Gasteiger partial charge in [-0.25, -0.2) is 0 Å². The first-order valence-electron chi connectivity index (χ1n) is 8.66. The van der Waals surface area contributed by atoms with E-state index in [0.717, 1.165) is 46.5 Å². The molecule has 0 aromatic heterocycles. The van der Waals surface area contributed by atoms with Crippen molar-refractivity contribution in [1.82, 2.24) is 0 Å². The van der Waals surface area contributed by atoms with Crippen LogP contribution in [0.4, 0.5) is 5.69 Å². The highest BCUT2D eigenvalue weighted by Gasteiger charge is 2.36. The van der Waals surface area contributed by atoms with Crippen molar-refractivity contribution in [3.05, 3.63) is 52.6 Å². The number of phenols is 1. The summed E-state index contributed by atoms with van der Waals surface area (Å²) in [5.74, 6) is 1.13. The van der Waals surface area contributed by atoms with Crippen molar-refractivity contribution in [2.75, 3.05) is 5.32 Å². The molecule has 3 rings (SSSR count). The summed E-state index contributed by atoms with van der Waals surface area (Å²) in [6.07, 6.45) is 1.83. The van der Waals surface area contributed by atoms with Gasteiger partial charge in [-0.05, 0) is 69.4 Å². The number of amides is 1. The predicted molar refractivity (Wildman–Crippen MR) is 99.4 cm³/mol. The Hall–Kier alpha value is -2.49. The van der Waals surface area contributed by atoms with Gasteiger partial charge in [0, 0.05) is 11.3 Å². The third-order valence-corrected chi connectivity index (χ3v) is 5.18. The van der Waals surface area contributed by atoms with Crippen LogP contribution in [-0.2, 0) is 11.2 Å². The van der Waals surface area contributed by atoms with Crippen LogP contribution in [0.3, 0.4) is 0 Å². The Morgan fingerprint density at radius 3 is 2.52 bits per heavy atom. The number of carbonyl (C=O) groups excluding carboxylic acids is 1. The van der Waals surface area contributed by atoms with Crippen LogP contribution in [0.2, 0.25) is 0 Å². The van der Waals surface area contributed by atoms with Gasteiger partial charge in [-0.1, -0.05) is 18.2 Å². The second kappa shape index (κ2) is 6.43.